The van der Waals surface area contributed by atoms with E-state index in [1.807, 2.05) is 12.1 Å². The molecule has 1 saturated heterocycles. The summed E-state index contributed by atoms with van der Waals surface area (Å²) in [5.74, 6) is 2.66. The Labute approximate surface area is 98.2 Å². The third kappa shape index (κ3) is 2.56. The Morgan fingerprint density at radius 1 is 1.25 bits per heavy atom. The number of methoxy groups -OCH3 is 1. The zero-order chi connectivity index (χ0) is 11.5. The summed E-state index contributed by atoms with van der Waals surface area (Å²) < 4.78 is 5.15. The Balaban J connectivity index is 1.82. The van der Waals surface area contributed by atoms with Crippen LogP contribution in [0.25, 0.3) is 0 Å². The van der Waals surface area contributed by atoms with Gasteiger partial charge < -0.3 is 4.74 Å². The van der Waals surface area contributed by atoms with Crippen molar-refractivity contribution in [3.8, 4) is 5.75 Å². The maximum atomic E-state index is 5.15. The zero-order valence-corrected chi connectivity index (χ0v) is 10.4. The summed E-state index contributed by atoms with van der Waals surface area (Å²) in [5, 5.41) is 0. The van der Waals surface area contributed by atoms with Gasteiger partial charge in [-0.2, -0.15) is 0 Å². The lowest BCUT2D eigenvalue weighted by molar-refractivity contribution is 0.0614. The molecule has 1 aromatic rings. The van der Waals surface area contributed by atoms with Crippen molar-refractivity contribution in [3.05, 3.63) is 29.8 Å². The number of hydrogen-bond acceptors (Lipinski definition) is 2. The Bertz CT molecular complexity index is 325. The first kappa shape index (κ1) is 11.5. The molecule has 2 nitrogen and oxygen atoms in total. The van der Waals surface area contributed by atoms with E-state index in [2.05, 4.69) is 30.9 Å². The molecule has 0 unspecified atom stereocenters. The van der Waals surface area contributed by atoms with Crippen molar-refractivity contribution in [2.24, 2.45) is 11.8 Å². The smallest absolute Gasteiger partial charge is 0.118 e. The van der Waals surface area contributed by atoms with Crippen LogP contribution in [-0.2, 0) is 6.54 Å². The molecule has 1 aromatic carbocycles. The number of rotatable bonds is 4. The van der Waals surface area contributed by atoms with Crippen molar-refractivity contribution in [2.75, 3.05) is 20.2 Å². The topological polar surface area (TPSA) is 12.5 Å². The highest BCUT2D eigenvalue weighted by atomic mass is 16.5. The highest BCUT2D eigenvalue weighted by Crippen LogP contribution is 2.25. The van der Waals surface area contributed by atoms with E-state index < -0.39 is 0 Å². The van der Waals surface area contributed by atoms with Gasteiger partial charge in [0, 0.05) is 19.6 Å². The first-order chi connectivity index (χ1) is 7.69. The monoisotopic (exact) mass is 219 g/mol. The lowest BCUT2D eigenvalue weighted by Gasteiger charge is -2.41. The van der Waals surface area contributed by atoms with E-state index in [0.29, 0.717) is 0 Å². The fraction of sp³-hybridized carbons (Fsp3) is 0.571. The average Bonchev–Trinajstić information content (AvgIpc) is 2.23. The van der Waals surface area contributed by atoms with Gasteiger partial charge in [0.25, 0.3) is 0 Å². The quantitative estimate of drug-likeness (QED) is 0.772. The maximum Gasteiger partial charge on any atom is 0.118 e. The molecule has 1 aliphatic heterocycles. The van der Waals surface area contributed by atoms with Crippen LogP contribution in [0.2, 0.25) is 0 Å². The third-order valence-electron chi connectivity index (χ3n) is 3.49. The summed E-state index contributed by atoms with van der Waals surface area (Å²) in [7, 11) is 1.71. The van der Waals surface area contributed by atoms with Crippen molar-refractivity contribution in [1.82, 2.24) is 4.90 Å². The predicted octanol–water partition coefficient (Wildman–Crippen LogP) is 2.78. The second kappa shape index (κ2) is 4.88. The molecule has 88 valence electrons. The summed E-state index contributed by atoms with van der Waals surface area (Å²) in [5.41, 5.74) is 1.38. The van der Waals surface area contributed by atoms with E-state index in [9.17, 15) is 0 Å². The van der Waals surface area contributed by atoms with Gasteiger partial charge in [-0.25, -0.2) is 0 Å². The van der Waals surface area contributed by atoms with Crippen LogP contribution in [0.15, 0.2) is 24.3 Å². The lowest BCUT2D eigenvalue weighted by Crippen LogP contribution is -2.48. The van der Waals surface area contributed by atoms with Gasteiger partial charge in [-0.05, 0) is 29.5 Å². The summed E-state index contributed by atoms with van der Waals surface area (Å²) in [4.78, 5) is 2.51. The van der Waals surface area contributed by atoms with E-state index in [1.54, 1.807) is 7.11 Å². The molecular formula is C14H21NO. The van der Waals surface area contributed by atoms with E-state index in [1.165, 1.54) is 18.7 Å². The maximum absolute atomic E-state index is 5.15. The Hall–Kier alpha value is -1.02. The van der Waals surface area contributed by atoms with Crippen molar-refractivity contribution in [2.45, 2.75) is 20.4 Å². The minimum absolute atomic E-state index is 0.826. The number of ether oxygens (including phenoxy) is 1. The number of hydrogen-bond donors (Lipinski definition) is 0. The zero-order valence-electron chi connectivity index (χ0n) is 10.4. The van der Waals surface area contributed by atoms with E-state index >= 15 is 0 Å². The molecule has 2 rings (SSSR count). The number of likely N-dealkylation sites (tertiary alicyclic amines) is 1. The molecule has 16 heavy (non-hydrogen) atoms. The Morgan fingerprint density at radius 3 is 2.38 bits per heavy atom. The van der Waals surface area contributed by atoms with Gasteiger partial charge in [0.2, 0.25) is 0 Å². The van der Waals surface area contributed by atoms with Crippen LogP contribution in [0.4, 0.5) is 0 Å². The summed E-state index contributed by atoms with van der Waals surface area (Å²) >= 11 is 0. The molecule has 0 aromatic heterocycles. The predicted molar refractivity (Wildman–Crippen MR) is 66.6 cm³/mol. The van der Waals surface area contributed by atoms with E-state index in [0.717, 1.165) is 24.1 Å². The molecule has 1 aliphatic rings. The summed E-state index contributed by atoms with van der Waals surface area (Å²) in [6.45, 7) is 8.21. The molecule has 2 heteroatoms. The lowest BCUT2D eigenvalue weighted by atomic mass is 9.88. The van der Waals surface area contributed by atoms with Gasteiger partial charge in [-0.15, -0.1) is 0 Å². The highest BCUT2D eigenvalue weighted by molar-refractivity contribution is 5.27. The Kier molecular flexibility index (Phi) is 3.49. The molecule has 0 atom stereocenters. The van der Waals surface area contributed by atoms with Gasteiger partial charge in [0.05, 0.1) is 7.11 Å². The molecule has 0 radical (unpaired) electrons. The van der Waals surface area contributed by atoms with E-state index in [4.69, 9.17) is 4.74 Å². The summed E-state index contributed by atoms with van der Waals surface area (Å²) in [6, 6.07) is 8.38. The van der Waals surface area contributed by atoms with Crippen LogP contribution >= 0.6 is 0 Å². The molecule has 0 bridgehead atoms. The van der Waals surface area contributed by atoms with Gasteiger partial charge in [0.15, 0.2) is 0 Å². The number of nitrogens with zero attached hydrogens (tertiary/aromatic N) is 1. The molecule has 0 aliphatic carbocycles. The van der Waals surface area contributed by atoms with Crippen molar-refractivity contribution in [1.29, 1.82) is 0 Å². The van der Waals surface area contributed by atoms with Crippen molar-refractivity contribution in [3.63, 3.8) is 0 Å². The largest absolute Gasteiger partial charge is 0.497 e. The molecule has 1 fully saturated rings. The SMILES string of the molecule is COc1ccc(CN2CC(C(C)C)C2)cc1. The minimum Gasteiger partial charge on any atom is -0.497 e. The molecule has 0 N–H and O–H groups in total. The summed E-state index contributed by atoms with van der Waals surface area (Å²) in [6.07, 6.45) is 0. The molecule has 0 saturated carbocycles. The minimum atomic E-state index is 0.826. The Morgan fingerprint density at radius 2 is 1.88 bits per heavy atom. The van der Waals surface area contributed by atoms with Crippen LogP contribution in [0.3, 0.4) is 0 Å². The third-order valence-corrected chi connectivity index (χ3v) is 3.49. The van der Waals surface area contributed by atoms with Gasteiger partial charge in [0.1, 0.15) is 5.75 Å². The van der Waals surface area contributed by atoms with Crippen LogP contribution < -0.4 is 4.74 Å². The standard InChI is InChI=1S/C14H21NO/c1-11(2)13-9-15(10-13)8-12-4-6-14(16-3)7-5-12/h4-7,11,13H,8-10H2,1-3H3. The normalized spacial score (nSPS) is 17.5. The van der Waals surface area contributed by atoms with Gasteiger partial charge in [-0.1, -0.05) is 26.0 Å². The van der Waals surface area contributed by atoms with Crippen LogP contribution in [0.5, 0.6) is 5.75 Å². The van der Waals surface area contributed by atoms with Crippen LogP contribution in [0.1, 0.15) is 19.4 Å². The molecule has 0 amide bonds. The van der Waals surface area contributed by atoms with Crippen LogP contribution in [-0.4, -0.2) is 25.1 Å². The fourth-order valence-electron chi connectivity index (χ4n) is 2.15. The fourth-order valence-corrected chi connectivity index (χ4v) is 2.15. The van der Waals surface area contributed by atoms with Gasteiger partial charge >= 0.3 is 0 Å². The number of benzene rings is 1. The second-order valence-corrected chi connectivity index (χ2v) is 5.05. The van der Waals surface area contributed by atoms with Gasteiger partial charge in [-0.3, -0.25) is 4.90 Å². The average molecular weight is 219 g/mol. The van der Waals surface area contributed by atoms with Crippen molar-refractivity contribution >= 4 is 0 Å². The molecule has 1 heterocycles. The van der Waals surface area contributed by atoms with Crippen molar-refractivity contribution < 1.29 is 4.74 Å². The molecular weight excluding hydrogens is 198 g/mol. The molecule has 0 spiro atoms. The highest BCUT2D eigenvalue weighted by Gasteiger charge is 2.28. The van der Waals surface area contributed by atoms with E-state index in [-0.39, 0.29) is 0 Å². The van der Waals surface area contributed by atoms with Crippen LogP contribution in [0, 0.1) is 11.8 Å². The first-order valence-electron chi connectivity index (χ1n) is 6.04. The second-order valence-electron chi connectivity index (χ2n) is 5.05. The first-order valence-corrected chi connectivity index (χ1v) is 6.04.